The molecule has 0 aliphatic heterocycles. The minimum atomic E-state index is -0.138. The van der Waals surface area contributed by atoms with Gasteiger partial charge in [-0.2, -0.15) is 0 Å². The highest BCUT2D eigenvalue weighted by Crippen LogP contribution is 2.23. The molecule has 0 aliphatic rings. The summed E-state index contributed by atoms with van der Waals surface area (Å²) in [5, 5.41) is 0. The molecule has 0 aromatic heterocycles. The number of hydrogen-bond acceptors (Lipinski definition) is 0. The predicted octanol–water partition coefficient (Wildman–Crippen LogP) is 4.06. The van der Waals surface area contributed by atoms with Crippen LogP contribution in [0.4, 0.5) is 4.39 Å². The second-order valence-corrected chi connectivity index (χ2v) is 3.53. The zero-order valence-corrected chi connectivity index (χ0v) is 8.70. The Kier molecular flexibility index (Phi) is 2.82. The molecule has 0 atom stereocenters. The molecule has 0 radical (unpaired) electrons. The van der Waals surface area contributed by atoms with Crippen molar-refractivity contribution >= 4 is 0 Å². The van der Waals surface area contributed by atoms with Crippen molar-refractivity contribution in [3.05, 3.63) is 59.9 Å². The van der Waals surface area contributed by atoms with Gasteiger partial charge in [0.05, 0.1) is 0 Å². The number of rotatable bonds is 2. The summed E-state index contributed by atoms with van der Waals surface area (Å²) in [5.41, 5.74) is 2.64. The SMILES string of the molecule is CCc1ccc(-c2ccccc2)c(F)c1. The second kappa shape index (κ2) is 4.26. The molecule has 0 nitrogen and oxygen atoms in total. The summed E-state index contributed by atoms with van der Waals surface area (Å²) in [4.78, 5) is 0. The van der Waals surface area contributed by atoms with Crippen LogP contribution in [0.2, 0.25) is 0 Å². The van der Waals surface area contributed by atoms with Gasteiger partial charge in [-0.15, -0.1) is 0 Å². The van der Waals surface area contributed by atoms with E-state index >= 15 is 0 Å². The van der Waals surface area contributed by atoms with Crippen LogP contribution >= 0.6 is 0 Å². The highest BCUT2D eigenvalue weighted by atomic mass is 19.1. The van der Waals surface area contributed by atoms with E-state index < -0.39 is 0 Å². The highest BCUT2D eigenvalue weighted by molar-refractivity contribution is 5.64. The molecule has 0 aliphatic carbocycles. The first-order valence-electron chi connectivity index (χ1n) is 5.15. The molecule has 0 unspecified atom stereocenters. The van der Waals surface area contributed by atoms with Crippen molar-refractivity contribution in [1.82, 2.24) is 0 Å². The molecule has 2 aromatic rings. The molecule has 0 bridgehead atoms. The Bertz CT molecular complexity index is 446. The molecule has 0 heterocycles. The predicted molar refractivity (Wildman–Crippen MR) is 61.2 cm³/mol. The Morgan fingerprint density at radius 1 is 1.00 bits per heavy atom. The van der Waals surface area contributed by atoms with E-state index in [-0.39, 0.29) is 5.82 Å². The third-order valence-electron chi connectivity index (χ3n) is 2.53. The van der Waals surface area contributed by atoms with Crippen LogP contribution in [-0.2, 0) is 6.42 Å². The van der Waals surface area contributed by atoms with Gasteiger partial charge in [-0.1, -0.05) is 49.4 Å². The van der Waals surface area contributed by atoms with Crippen LogP contribution in [0.5, 0.6) is 0 Å². The van der Waals surface area contributed by atoms with Crippen molar-refractivity contribution in [2.24, 2.45) is 0 Å². The Morgan fingerprint density at radius 2 is 1.73 bits per heavy atom. The minimum Gasteiger partial charge on any atom is -0.206 e. The van der Waals surface area contributed by atoms with Crippen molar-refractivity contribution in [3.8, 4) is 11.1 Å². The molecule has 76 valence electrons. The minimum absolute atomic E-state index is 0.138. The lowest BCUT2D eigenvalue weighted by Gasteiger charge is -2.04. The average Bonchev–Trinajstić information content (AvgIpc) is 2.30. The van der Waals surface area contributed by atoms with Crippen molar-refractivity contribution in [1.29, 1.82) is 0 Å². The van der Waals surface area contributed by atoms with Crippen molar-refractivity contribution < 1.29 is 4.39 Å². The monoisotopic (exact) mass is 200 g/mol. The fourth-order valence-electron chi connectivity index (χ4n) is 1.63. The molecule has 0 fully saturated rings. The Balaban J connectivity index is 2.46. The van der Waals surface area contributed by atoms with Crippen molar-refractivity contribution in [3.63, 3.8) is 0 Å². The maximum atomic E-state index is 13.7. The van der Waals surface area contributed by atoms with E-state index in [0.717, 1.165) is 17.5 Å². The van der Waals surface area contributed by atoms with E-state index in [9.17, 15) is 4.39 Å². The largest absolute Gasteiger partial charge is 0.206 e. The molecule has 1 heteroatoms. The molecule has 0 amide bonds. The molecule has 0 saturated heterocycles. The Morgan fingerprint density at radius 3 is 2.33 bits per heavy atom. The van der Waals surface area contributed by atoms with Gasteiger partial charge >= 0.3 is 0 Å². The fraction of sp³-hybridized carbons (Fsp3) is 0.143. The summed E-state index contributed by atoms with van der Waals surface area (Å²) >= 11 is 0. The van der Waals surface area contributed by atoms with Gasteiger partial charge in [-0.3, -0.25) is 0 Å². The standard InChI is InChI=1S/C14H13F/c1-2-11-8-9-13(14(15)10-11)12-6-4-3-5-7-12/h3-10H,2H2,1H3. The van der Waals surface area contributed by atoms with Gasteiger partial charge in [0.2, 0.25) is 0 Å². The van der Waals surface area contributed by atoms with E-state index in [1.54, 1.807) is 6.07 Å². The molecule has 0 saturated carbocycles. The van der Waals surface area contributed by atoms with Crippen LogP contribution in [0, 0.1) is 5.82 Å². The molecule has 2 rings (SSSR count). The number of benzene rings is 2. The quantitative estimate of drug-likeness (QED) is 0.686. The van der Waals surface area contributed by atoms with Gasteiger partial charge in [-0.25, -0.2) is 4.39 Å². The second-order valence-electron chi connectivity index (χ2n) is 3.53. The van der Waals surface area contributed by atoms with Crippen molar-refractivity contribution in [2.45, 2.75) is 13.3 Å². The van der Waals surface area contributed by atoms with Gasteiger partial charge in [0.1, 0.15) is 5.82 Å². The topological polar surface area (TPSA) is 0 Å². The highest BCUT2D eigenvalue weighted by Gasteiger charge is 2.04. The third-order valence-corrected chi connectivity index (χ3v) is 2.53. The molecule has 0 N–H and O–H groups in total. The molecule has 15 heavy (non-hydrogen) atoms. The van der Waals surface area contributed by atoms with Gasteiger partial charge in [-0.05, 0) is 23.6 Å². The lowest BCUT2D eigenvalue weighted by molar-refractivity contribution is 0.629. The van der Waals surface area contributed by atoms with Crippen LogP contribution in [0.1, 0.15) is 12.5 Å². The molecule has 0 spiro atoms. The fourth-order valence-corrected chi connectivity index (χ4v) is 1.63. The van der Waals surface area contributed by atoms with Crippen LogP contribution in [0.15, 0.2) is 48.5 Å². The lowest BCUT2D eigenvalue weighted by atomic mass is 10.0. The smallest absolute Gasteiger partial charge is 0.131 e. The zero-order chi connectivity index (χ0) is 10.7. The van der Waals surface area contributed by atoms with E-state index in [1.807, 2.05) is 49.4 Å². The van der Waals surface area contributed by atoms with Crippen LogP contribution in [-0.4, -0.2) is 0 Å². The summed E-state index contributed by atoms with van der Waals surface area (Å²) in [7, 11) is 0. The van der Waals surface area contributed by atoms with Crippen LogP contribution in [0.25, 0.3) is 11.1 Å². The number of aryl methyl sites for hydroxylation is 1. The zero-order valence-electron chi connectivity index (χ0n) is 8.70. The maximum Gasteiger partial charge on any atom is 0.131 e. The average molecular weight is 200 g/mol. The van der Waals surface area contributed by atoms with Crippen LogP contribution < -0.4 is 0 Å². The van der Waals surface area contributed by atoms with Gasteiger partial charge < -0.3 is 0 Å². The van der Waals surface area contributed by atoms with Gasteiger partial charge in [0, 0.05) is 5.56 Å². The summed E-state index contributed by atoms with van der Waals surface area (Å²) < 4.78 is 13.7. The maximum absolute atomic E-state index is 13.7. The Labute approximate surface area is 89.4 Å². The first-order chi connectivity index (χ1) is 7.31. The lowest BCUT2D eigenvalue weighted by Crippen LogP contribution is -1.87. The van der Waals surface area contributed by atoms with Gasteiger partial charge in [0.15, 0.2) is 0 Å². The number of hydrogen-bond donors (Lipinski definition) is 0. The van der Waals surface area contributed by atoms with Crippen molar-refractivity contribution in [2.75, 3.05) is 0 Å². The van der Waals surface area contributed by atoms with E-state index in [0.29, 0.717) is 5.56 Å². The number of halogens is 1. The van der Waals surface area contributed by atoms with E-state index in [2.05, 4.69) is 0 Å². The van der Waals surface area contributed by atoms with Crippen LogP contribution in [0.3, 0.4) is 0 Å². The summed E-state index contributed by atoms with van der Waals surface area (Å²) in [5.74, 6) is -0.138. The molecular weight excluding hydrogens is 187 g/mol. The summed E-state index contributed by atoms with van der Waals surface area (Å²) in [6, 6.07) is 15.1. The summed E-state index contributed by atoms with van der Waals surface area (Å²) in [6.07, 6.45) is 0.867. The first-order valence-corrected chi connectivity index (χ1v) is 5.15. The summed E-state index contributed by atoms with van der Waals surface area (Å²) in [6.45, 7) is 2.02. The third kappa shape index (κ3) is 2.07. The first kappa shape index (κ1) is 9.91. The van der Waals surface area contributed by atoms with Gasteiger partial charge in [0.25, 0.3) is 0 Å². The normalized spacial score (nSPS) is 10.3. The Hall–Kier alpha value is -1.63. The molecule has 2 aromatic carbocycles. The van der Waals surface area contributed by atoms with E-state index in [1.165, 1.54) is 0 Å². The van der Waals surface area contributed by atoms with E-state index in [4.69, 9.17) is 0 Å². The molecular formula is C14H13F.